The molecule has 9 heteroatoms. The van der Waals surface area contributed by atoms with Crippen LogP contribution in [0.25, 0.3) is 0 Å². The highest BCUT2D eigenvalue weighted by Crippen LogP contribution is 2.29. The summed E-state index contributed by atoms with van der Waals surface area (Å²) in [5, 5.41) is -0.545. The summed E-state index contributed by atoms with van der Waals surface area (Å²) < 4.78 is 48.0. The van der Waals surface area contributed by atoms with Crippen molar-refractivity contribution in [2.24, 2.45) is 0 Å². The zero-order chi connectivity index (χ0) is 14.1. The van der Waals surface area contributed by atoms with Gasteiger partial charge < -0.3 is 0 Å². The highest BCUT2D eigenvalue weighted by Gasteiger charge is 2.22. The molecule has 0 spiro atoms. The van der Waals surface area contributed by atoms with E-state index < -0.39 is 30.4 Å². The van der Waals surface area contributed by atoms with Gasteiger partial charge in [-0.3, -0.25) is 0 Å². The third-order valence-electron chi connectivity index (χ3n) is 2.23. The van der Waals surface area contributed by atoms with Gasteiger partial charge in [-0.2, -0.15) is 0 Å². The van der Waals surface area contributed by atoms with E-state index in [2.05, 4.69) is 4.72 Å². The molecule has 0 bridgehead atoms. The van der Waals surface area contributed by atoms with Gasteiger partial charge in [-0.15, -0.1) is 11.3 Å². The Balaban J connectivity index is 2.93. The first-order valence-electron chi connectivity index (χ1n) is 5.09. The number of hydrogen-bond donors (Lipinski definition) is 1. The number of rotatable bonds is 5. The van der Waals surface area contributed by atoms with Crippen molar-refractivity contribution in [1.82, 2.24) is 4.72 Å². The molecule has 0 saturated carbocycles. The van der Waals surface area contributed by atoms with E-state index in [0.29, 0.717) is 4.88 Å². The third kappa shape index (κ3) is 3.92. The van der Waals surface area contributed by atoms with Crippen LogP contribution in [0.2, 0.25) is 0 Å². The molecular formula is C9H14ClNO4S3. The molecule has 0 aliphatic rings. The maximum Gasteiger partial charge on any atom is 0.270 e. The predicted molar refractivity (Wildman–Crippen MR) is 73.0 cm³/mol. The normalized spacial score (nSPS) is 14.9. The summed E-state index contributed by atoms with van der Waals surface area (Å²) in [7, 11) is -1.96. The first-order valence-corrected chi connectivity index (χ1v) is 9.77. The summed E-state index contributed by atoms with van der Waals surface area (Å²) in [6.07, 6.45) is 0. The zero-order valence-electron chi connectivity index (χ0n) is 10.0. The fraction of sp³-hybridized carbons (Fsp3) is 0.556. The van der Waals surface area contributed by atoms with Crippen LogP contribution < -0.4 is 4.72 Å². The van der Waals surface area contributed by atoms with Gasteiger partial charge in [-0.05, 0) is 32.9 Å². The van der Waals surface area contributed by atoms with Crippen LogP contribution in [0.5, 0.6) is 0 Å². The van der Waals surface area contributed by atoms with Gasteiger partial charge in [0.25, 0.3) is 9.05 Å². The first kappa shape index (κ1) is 15.9. The lowest BCUT2D eigenvalue weighted by Crippen LogP contribution is -2.32. The molecule has 18 heavy (non-hydrogen) atoms. The lowest BCUT2D eigenvalue weighted by molar-refractivity contribution is 0.559. The Kier molecular flexibility index (Phi) is 4.82. The van der Waals surface area contributed by atoms with Gasteiger partial charge in [0.15, 0.2) is 0 Å². The van der Waals surface area contributed by atoms with Crippen molar-refractivity contribution in [3.63, 3.8) is 0 Å². The van der Waals surface area contributed by atoms with E-state index in [1.807, 2.05) is 0 Å². The number of sulfonamides is 1. The van der Waals surface area contributed by atoms with Crippen molar-refractivity contribution < 1.29 is 16.8 Å². The van der Waals surface area contributed by atoms with Crippen molar-refractivity contribution >= 4 is 41.1 Å². The molecule has 1 rings (SSSR count). The zero-order valence-corrected chi connectivity index (χ0v) is 13.3. The fourth-order valence-electron chi connectivity index (χ4n) is 1.14. The Labute approximate surface area is 116 Å². The van der Waals surface area contributed by atoms with Gasteiger partial charge in [0.1, 0.15) is 4.21 Å². The van der Waals surface area contributed by atoms with E-state index >= 15 is 0 Å². The van der Waals surface area contributed by atoms with Crippen LogP contribution >= 0.6 is 22.0 Å². The minimum Gasteiger partial charge on any atom is -0.212 e. The van der Waals surface area contributed by atoms with Crippen molar-refractivity contribution in [2.45, 2.75) is 36.3 Å². The molecule has 0 amide bonds. The Morgan fingerprint density at radius 3 is 2.11 bits per heavy atom. The molecule has 0 fully saturated rings. The minimum atomic E-state index is -3.76. The predicted octanol–water partition coefficient (Wildman–Crippen LogP) is 2.06. The van der Waals surface area contributed by atoms with Crippen LogP contribution in [0.3, 0.4) is 0 Å². The molecule has 0 aliphatic heterocycles. The number of halogens is 1. The average Bonchev–Trinajstić information content (AvgIpc) is 2.64. The first-order chi connectivity index (χ1) is 8.04. The monoisotopic (exact) mass is 331 g/mol. The van der Waals surface area contributed by atoms with E-state index in [1.165, 1.54) is 6.07 Å². The quantitative estimate of drug-likeness (QED) is 0.837. The van der Waals surface area contributed by atoms with Gasteiger partial charge in [0.05, 0.1) is 11.3 Å². The van der Waals surface area contributed by atoms with Crippen LogP contribution in [0.15, 0.2) is 16.3 Å². The summed E-state index contributed by atoms with van der Waals surface area (Å²) in [5.74, 6) is 0. The molecule has 0 aromatic carbocycles. The summed E-state index contributed by atoms with van der Waals surface area (Å²) in [6.45, 7) is 4.78. The number of thiophene rings is 1. The maximum atomic E-state index is 11.7. The van der Waals surface area contributed by atoms with E-state index in [9.17, 15) is 16.8 Å². The van der Waals surface area contributed by atoms with Crippen molar-refractivity contribution in [3.05, 3.63) is 17.0 Å². The number of nitrogens with one attached hydrogen (secondary N) is 1. The molecule has 1 aromatic heterocycles. The van der Waals surface area contributed by atoms with Crippen molar-refractivity contribution in [2.75, 3.05) is 0 Å². The second kappa shape index (κ2) is 5.46. The smallest absolute Gasteiger partial charge is 0.212 e. The largest absolute Gasteiger partial charge is 0.270 e. The standard InChI is InChI=1S/C9H14ClNO4S3/c1-6(2)18(14,15)11-7(3)8-4-5-9(16-8)17(10,12)13/h4-7,11H,1-3H3. The molecule has 0 radical (unpaired) electrons. The van der Waals surface area contributed by atoms with Gasteiger partial charge >= 0.3 is 0 Å². The van der Waals surface area contributed by atoms with Crippen LogP contribution in [-0.2, 0) is 19.1 Å². The topological polar surface area (TPSA) is 80.3 Å². The molecule has 1 heterocycles. The third-order valence-corrected chi connectivity index (χ3v) is 7.51. The molecule has 104 valence electrons. The molecule has 5 nitrogen and oxygen atoms in total. The highest BCUT2D eigenvalue weighted by molar-refractivity contribution is 8.15. The highest BCUT2D eigenvalue weighted by atomic mass is 35.7. The Hall–Kier alpha value is -0.150. The Morgan fingerprint density at radius 1 is 1.17 bits per heavy atom. The summed E-state index contributed by atoms with van der Waals surface area (Å²) in [6, 6.07) is 2.42. The number of hydrogen-bond acceptors (Lipinski definition) is 5. The minimum absolute atomic E-state index is 0.00904. The molecule has 1 unspecified atom stereocenters. The molecular weight excluding hydrogens is 318 g/mol. The fourth-order valence-corrected chi connectivity index (χ4v) is 4.20. The Morgan fingerprint density at radius 2 is 1.72 bits per heavy atom. The van der Waals surface area contributed by atoms with E-state index in [4.69, 9.17) is 10.7 Å². The van der Waals surface area contributed by atoms with Crippen LogP contribution in [-0.4, -0.2) is 22.1 Å². The lowest BCUT2D eigenvalue weighted by Gasteiger charge is -2.14. The summed E-state index contributed by atoms with van der Waals surface area (Å²) in [4.78, 5) is 0.596. The molecule has 1 aromatic rings. The van der Waals surface area contributed by atoms with E-state index in [1.54, 1.807) is 26.8 Å². The SMILES string of the molecule is CC(NS(=O)(=O)C(C)C)c1ccc(S(=O)(=O)Cl)s1. The molecule has 1 atom stereocenters. The van der Waals surface area contributed by atoms with Crippen LogP contribution in [0.4, 0.5) is 0 Å². The van der Waals surface area contributed by atoms with Crippen molar-refractivity contribution in [1.29, 1.82) is 0 Å². The van der Waals surface area contributed by atoms with Crippen LogP contribution in [0, 0.1) is 0 Å². The molecule has 0 aliphatic carbocycles. The van der Waals surface area contributed by atoms with Crippen LogP contribution in [0.1, 0.15) is 31.7 Å². The average molecular weight is 332 g/mol. The van der Waals surface area contributed by atoms with E-state index in [0.717, 1.165) is 11.3 Å². The van der Waals surface area contributed by atoms with Gasteiger partial charge in [-0.25, -0.2) is 21.6 Å². The van der Waals surface area contributed by atoms with Gasteiger partial charge in [0.2, 0.25) is 10.0 Å². The summed E-state index contributed by atoms with van der Waals surface area (Å²) in [5.41, 5.74) is 0. The van der Waals surface area contributed by atoms with Gasteiger partial charge in [0, 0.05) is 15.6 Å². The van der Waals surface area contributed by atoms with Gasteiger partial charge in [-0.1, -0.05) is 0 Å². The molecule has 1 N–H and O–H groups in total. The maximum absolute atomic E-state index is 11.7. The lowest BCUT2D eigenvalue weighted by atomic mass is 10.3. The molecule has 0 saturated heterocycles. The van der Waals surface area contributed by atoms with Crippen molar-refractivity contribution in [3.8, 4) is 0 Å². The second-order valence-corrected chi connectivity index (χ2v) is 10.2. The summed E-state index contributed by atoms with van der Waals surface area (Å²) >= 11 is 0.953. The Bertz CT molecular complexity index is 618. The van der Waals surface area contributed by atoms with E-state index in [-0.39, 0.29) is 4.21 Å². The second-order valence-electron chi connectivity index (χ2n) is 4.03.